The van der Waals surface area contributed by atoms with Gasteiger partial charge < -0.3 is 16.0 Å². The van der Waals surface area contributed by atoms with E-state index in [0.717, 1.165) is 39.0 Å². The highest BCUT2D eigenvalue weighted by molar-refractivity contribution is 5.78. The highest BCUT2D eigenvalue weighted by atomic mass is 16.2. The Hall–Kier alpha value is -0.650. The summed E-state index contributed by atoms with van der Waals surface area (Å²) in [7, 11) is 0. The molecular formula is C15H30N4O. The maximum absolute atomic E-state index is 12.0. The molecule has 1 unspecified atom stereocenters. The molecule has 20 heavy (non-hydrogen) atoms. The molecule has 116 valence electrons. The van der Waals surface area contributed by atoms with Crippen molar-refractivity contribution in [3.63, 3.8) is 0 Å². The molecular weight excluding hydrogens is 252 g/mol. The quantitative estimate of drug-likeness (QED) is 0.759. The number of piperidine rings is 1. The minimum Gasteiger partial charge on any atom is -0.355 e. The molecule has 0 aliphatic carbocycles. The van der Waals surface area contributed by atoms with Gasteiger partial charge in [-0.3, -0.25) is 9.69 Å². The number of hydrogen-bond donors (Lipinski definition) is 2. The fourth-order valence-electron chi connectivity index (χ4n) is 3.13. The highest BCUT2D eigenvalue weighted by Crippen LogP contribution is 2.17. The number of rotatable bonds is 5. The van der Waals surface area contributed by atoms with Gasteiger partial charge in [0.25, 0.3) is 0 Å². The van der Waals surface area contributed by atoms with Crippen molar-refractivity contribution < 1.29 is 4.79 Å². The molecule has 3 N–H and O–H groups in total. The van der Waals surface area contributed by atoms with Crippen molar-refractivity contribution in [2.45, 2.75) is 45.2 Å². The second-order valence-corrected chi connectivity index (χ2v) is 6.66. The van der Waals surface area contributed by atoms with E-state index in [1.54, 1.807) is 0 Å². The number of likely N-dealkylation sites (tertiary alicyclic amines) is 2. The largest absolute Gasteiger partial charge is 0.355 e. The van der Waals surface area contributed by atoms with Crippen LogP contribution in [0, 0.1) is 5.92 Å². The smallest absolute Gasteiger partial charge is 0.234 e. The van der Waals surface area contributed by atoms with Crippen LogP contribution in [0.3, 0.4) is 0 Å². The van der Waals surface area contributed by atoms with Crippen molar-refractivity contribution >= 4 is 5.91 Å². The molecule has 2 saturated heterocycles. The van der Waals surface area contributed by atoms with Gasteiger partial charge >= 0.3 is 0 Å². The van der Waals surface area contributed by atoms with Crippen LogP contribution in [0.5, 0.6) is 0 Å². The topological polar surface area (TPSA) is 61.6 Å². The molecule has 2 aliphatic heterocycles. The van der Waals surface area contributed by atoms with Crippen molar-refractivity contribution in [2.75, 3.05) is 39.3 Å². The third-order valence-electron chi connectivity index (χ3n) is 4.63. The molecule has 0 aromatic rings. The van der Waals surface area contributed by atoms with E-state index >= 15 is 0 Å². The lowest BCUT2D eigenvalue weighted by atomic mass is 10.1. The molecule has 0 bridgehead atoms. The van der Waals surface area contributed by atoms with Crippen LogP contribution in [0.2, 0.25) is 0 Å². The molecule has 2 aliphatic rings. The van der Waals surface area contributed by atoms with Crippen LogP contribution in [-0.2, 0) is 4.79 Å². The van der Waals surface area contributed by atoms with E-state index in [1.165, 1.54) is 13.0 Å². The lowest BCUT2D eigenvalue weighted by Crippen LogP contribution is -2.45. The molecule has 0 spiro atoms. The fraction of sp³-hybridized carbons (Fsp3) is 0.933. The molecule has 0 aromatic heterocycles. The first-order valence-corrected chi connectivity index (χ1v) is 8.03. The number of nitrogens with one attached hydrogen (secondary N) is 1. The zero-order chi connectivity index (χ0) is 14.5. The molecule has 0 aromatic carbocycles. The first-order chi connectivity index (χ1) is 9.54. The van der Waals surface area contributed by atoms with Crippen LogP contribution in [0.1, 0.15) is 33.1 Å². The SMILES string of the molecule is CC(C)N1CCC(CNC(=O)CN2CCC(N)CC2)C1. The molecule has 0 radical (unpaired) electrons. The van der Waals surface area contributed by atoms with Crippen molar-refractivity contribution in [3.05, 3.63) is 0 Å². The average molecular weight is 282 g/mol. The monoisotopic (exact) mass is 282 g/mol. The molecule has 2 rings (SSSR count). The van der Waals surface area contributed by atoms with Gasteiger partial charge in [0.05, 0.1) is 6.54 Å². The third-order valence-corrected chi connectivity index (χ3v) is 4.63. The minimum atomic E-state index is 0.170. The van der Waals surface area contributed by atoms with E-state index < -0.39 is 0 Å². The Morgan fingerprint density at radius 1 is 1.25 bits per heavy atom. The fourth-order valence-corrected chi connectivity index (χ4v) is 3.13. The van der Waals surface area contributed by atoms with Crippen molar-refractivity contribution in [2.24, 2.45) is 11.7 Å². The van der Waals surface area contributed by atoms with Gasteiger partial charge in [0.2, 0.25) is 5.91 Å². The average Bonchev–Trinajstić information content (AvgIpc) is 2.88. The van der Waals surface area contributed by atoms with Gasteiger partial charge in [0.15, 0.2) is 0 Å². The van der Waals surface area contributed by atoms with Gasteiger partial charge in [0, 0.05) is 38.3 Å². The molecule has 2 heterocycles. The van der Waals surface area contributed by atoms with E-state index in [4.69, 9.17) is 5.73 Å². The number of amides is 1. The summed E-state index contributed by atoms with van der Waals surface area (Å²) in [5.74, 6) is 0.791. The van der Waals surface area contributed by atoms with E-state index in [0.29, 0.717) is 24.5 Å². The van der Waals surface area contributed by atoms with Crippen LogP contribution in [0.25, 0.3) is 0 Å². The number of nitrogens with two attached hydrogens (primary N) is 1. The van der Waals surface area contributed by atoms with Crippen LogP contribution >= 0.6 is 0 Å². The molecule has 5 nitrogen and oxygen atoms in total. The second-order valence-electron chi connectivity index (χ2n) is 6.66. The second kappa shape index (κ2) is 7.38. The Bertz CT molecular complexity index is 313. The summed E-state index contributed by atoms with van der Waals surface area (Å²) in [6.45, 7) is 10.0. The summed E-state index contributed by atoms with van der Waals surface area (Å²) in [5, 5.41) is 3.10. The summed E-state index contributed by atoms with van der Waals surface area (Å²) >= 11 is 0. The maximum Gasteiger partial charge on any atom is 0.234 e. The van der Waals surface area contributed by atoms with Crippen LogP contribution in [-0.4, -0.2) is 67.1 Å². The van der Waals surface area contributed by atoms with E-state index in [1.807, 2.05) is 0 Å². The molecule has 0 saturated carbocycles. The summed E-state index contributed by atoms with van der Waals surface area (Å²) in [6, 6.07) is 0.947. The Labute approximate surface area is 122 Å². The molecule has 2 fully saturated rings. The lowest BCUT2D eigenvalue weighted by Gasteiger charge is -2.29. The Morgan fingerprint density at radius 2 is 1.95 bits per heavy atom. The predicted molar refractivity (Wildman–Crippen MR) is 81.5 cm³/mol. The van der Waals surface area contributed by atoms with Gasteiger partial charge in [0.1, 0.15) is 0 Å². The van der Waals surface area contributed by atoms with Gasteiger partial charge in [-0.2, -0.15) is 0 Å². The van der Waals surface area contributed by atoms with E-state index in [-0.39, 0.29) is 5.91 Å². The third kappa shape index (κ3) is 4.72. The summed E-state index contributed by atoms with van der Waals surface area (Å²) < 4.78 is 0. The van der Waals surface area contributed by atoms with Gasteiger partial charge in [-0.15, -0.1) is 0 Å². The normalized spacial score (nSPS) is 26.3. The van der Waals surface area contributed by atoms with Crippen LogP contribution in [0.15, 0.2) is 0 Å². The first kappa shape index (κ1) is 15.7. The number of carbonyl (C=O) groups is 1. The summed E-state index contributed by atoms with van der Waals surface area (Å²) in [4.78, 5) is 16.7. The van der Waals surface area contributed by atoms with Crippen molar-refractivity contribution in [1.82, 2.24) is 15.1 Å². The zero-order valence-corrected chi connectivity index (χ0v) is 13.0. The standard InChI is InChI=1S/C15H30N4O/c1-12(2)19-8-3-13(10-19)9-17-15(20)11-18-6-4-14(16)5-7-18/h12-14H,3-11,16H2,1-2H3,(H,17,20). The Kier molecular flexibility index (Phi) is 5.81. The number of carbonyl (C=O) groups excluding carboxylic acids is 1. The summed E-state index contributed by atoms with van der Waals surface area (Å²) in [5.41, 5.74) is 5.87. The van der Waals surface area contributed by atoms with Crippen LogP contribution < -0.4 is 11.1 Å². The number of nitrogens with zero attached hydrogens (tertiary/aromatic N) is 2. The Balaban J connectivity index is 1.61. The Morgan fingerprint density at radius 3 is 2.55 bits per heavy atom. The van der Waals surface area contributed by atoms with E-state index in [9.17, 15) is 4.79 Å². The zero-order valence-electron chi connectivity index (χ0n) is 13.0. The maximum atomic E-state index is 12.0. The first-order valence-electron chi connectivity index (χ1n) is 8.03. The summed E-state index contributed by atoms with van der Waals surface area (Å²) in [6.07, 6.45) is 3.23. The predicted octanol–water partition coefficient (Wildman–Crippen LogP) is 0.256. The lowest BCUT2D eigenvalue weighted by molar-refractivity contribution is -0.122. The minimum absolute atomic E-state index is 0.170. The van der Waals surface area contributed by atoms with Gasteiger partial charge in [-0.25, -0.2) is 0 Å². The number of hydrogen-bond acceptors (Lipinski definition) is 4. The van der Waals surface area contributed by atoms with Gasteiger partial charge in [-0.05, 0) is 45.6 Å². The van der Waals surface area contributed by atoms with E-state index in [2.05, 4.69) is 29.0 Å². The van der Waals surface area contributed by atoms with Gasteiger partial charge in [-0.1, -0.05) is 0 Å². The molecule has 1 amide bonds. The molecule has 5 heteroatoms. The highest BCUT2D eigenvalue weighted by Gasteiger charge is 2.24. The van der Waals surface area contributed by atoms with Crippen molar-refractivity contribution in [1.29, 1.82) is 0 Å². The van der Waals surface area contributed by atoms with Crippen LogP contribution in [0.4, 0.5) is 0 Å². The van der Waals surface area contributed by atoms with Crippen molar-refractivity contribution in [3.8, 4) is 0 Å². The molecule has 1 atom stereocenters.